The molecule has 5 heteroatoms. The largest absolute Gasteiger partial charge is 0.311 e. The van der Waals surface area contributed by atoms with E-state index in [1.165, 1.54) is 12.6 Å². The number of carbonyl (C=O) groups is 1. The first kappa shape index (κ1) is 13.8. The first-order valence-corrected chi connectivity index (χ1v) is 7.23. The molecule has 1 amide bonds. The van der Waals surface area contributed by atoms with Crippen LogP contribution >= 0.6 is 0 Å². The fourth-order valence-corrected chi connectivity index (χ4v) is 2.83. The molecule has 21 heavy (non-hydrogen) atoms. The van der Waals surface area contributed by atoms with E-state index in [1.807, 2.05) is 18.3 Å². The maximum Gasteiger partial charge on any atom is 0.222 e. The molecule has 0 saturated carbocycles. The second-order valence-corrected chi connectivity index (χ2v) is 6.43. The molecule has 0 spiro atoms. The van der Waals surface area contributed by atoms with Crippen molar-refractivity contribution in [2.75, 3.05) is 5.32 Å². The Kier molecular flexibility index (Phi) is 3.27. The summed E-state index contributed by atoms with van der Waals surface area (Å²) in [6.07, 6.45) is 5.80. The Labute approximate surface area is 124 Å². The van der Waals surface area contributed by atoms with Crippen molar-refractivity contribution in [1.29, 1.82) is 0 Å². The third-order valence-electron chi connectivity index (χ3n) is 3.97. The van der Waals surface area contributed by atoms with Crippen LogP contribution in [-0.4, -0.2) is 20.7 Å². The average Bonchev–Trinajstić information content (AvgIpc) is 2.79. The van der Waals surface area contributed by atoms with Crippen molar-refractivity contribution in [1.82, 2.24) is 14.8 Å². The summed E-state index contributed by atoms with van der Waals surface area (Å²) in [7, 11) is 0. The highest BCUT2D eigenvalue weighted by atomic mass is 16.1. The average molecular weight is 284 g/mol. The lowest BCUT2D eigenvalue weighted by molar-refractivity contribution is -0.114. The van der Waals surface area contributed by atoms with Crippen LogP contribution in [-0.2, 0) is 17.8 Å². The van der Waals surface area contributed by atoms with E-state index < -0.39 is 0 Å². The Hall–Kier alpha value is -2.17. The van der Waals surface area contributed by atoms with Gasteiger partial charge in [-0.25, -0.2) is 4.98 Å². The second-order valence-electron chi connectivity index (χ2n) is 6.43. The van der Waals surface area contributed by atoms with Gasteiger partial charge in [0.25, 0.3) is 0 Å². The van der Waals surface area contributed by atoms with Crippen molar-refractivity contribution in [3.8, 4) is 11.1 Å². The van der Waals surface area contributed by atoms with Crippen LogP contribution in [0.3, 0.4) is 0 Å². The third-order valence-corrected chi connectivity index (χ3v) is 3.97. The fraction of sp³-hybridized carbons (Fsp3) is 0.438. The van der Waals surface area contributed by atoms with Crippen LogP contribution in [0.4, 0.5) is 5.82 Å². The molecule has 110 valence electrons. The zero-order valence-corrected chi connectivity index (χ0v) is 12.7. The number of carbonyl (C=O) groups excluding carboxylic acids is 1. The number of hydrogen-bond donors (Lipinski definition) is 1. The van der Waals surface area contributed by atoms with E-state index in [1.54, 1.807) is 6.20 Å². The van der Waals surface area contributed by atoms with Gasteiger partial charge in [-0.05, 0) is 36.0 Å². The van der Waals surface area contributed by atoms with E-state index in [4.69, 9.17) is 0 Å². The molecule has 2 aromatic heterocycles. The van der Waals surface area contributed by atoms with E-state index in [0.717, 1.165) is 30.5 Å². The third kappa shape index (κ3) is 2.82. The summed E-state index contributed by atoms with van der Waals surface area (Å²) in [4.78, 5) is 15.3. The lowest BCUT2D eigenvalue weighted by Crippen LogP contribution is -2.26. The van der Waals surface area contributed by atoms with Crippen LogP contribution in [0.5, 0.6) is 0 Å². The number of nitrogens with zero attached hydrogens (tertiary/aromatic N) is 3. The van der Waals surface area contributed by atoms with Crippen LogP contribution < -0.4 is 5.32 Å². The molecule has 3 heterocycles. The van der Waals surface area contributed by atoms with Crippen molar-refractivity contribution in [3.63, 3.8) is 0 Å². The molecular weight excluding hydrogens is 264 g/mol. The van der Waals surface area contributed by atoms with Crippen molar-refractivity contribution >= 4 is 11.7 Å². The molecule has 0 atom stereocenters. The zero-order chi connectivity index (χ0) is 15.0. The van der Waals surface area contributed by atoms with Gasteiger partial charge in [-0.15, -0.1) is 0 Å². The van der Waals surface area contributed by atoms with Gasteiger partial charge < -0.3 is 5.32 Å². The van der Waals surface area contributed by atoms with Gasteiger partial charge in [-0.2, -0.15) is 5.10 Å². The summed E-state index contributed by atoms with van der Waals surface area (Å²) in [5.74, 6) is 0.466. The van der Waals surface area contributed by atoms with Crippen LogP contribution in [0.1, 0.15) is 32.9 Å². The summed E-state index contributed by atoms with van der Waals surface area (Å²) < 4.78 is 2.10. The molecule has 0 aromatic carbocycles. The van der Waals surface area contributed by atoms with Gasteiger partial charge in [-0.1, -0.05) is 13.8 Å². The number of fused-ring (bicyclic) bond motifs is 1. The highest BCUT2D eigenvalue weighted by molar-refractivity contribution is 5.88. The van der Waals surface area contributed by atoms with Crippen molar-refractivity contribution in [2.45, 2.75) is 40.2 Å². The second kappa shape index (κ2) is 4.98. The maximum atomic E-state index is 11.2. The van der Waals surface area contributed by atoms with Gasteiger partial charge in [0.2, 0.25) is 5.91 Å². The highest BCUT2D eigenvalue weighted by Crippen LogP contribution is 2.36. The van der Waals surface area contributed by atoms with E-state index >= 15 is 0 Å². The molecule has 0 aliphatic carbocycles. The predicted molar refractivity (Wildman–Crippen MR) is 81.9 cm³/mol. The monoisotopic (exact) mass is 284 g/mol. The Bertz CT molecular complexity index is 687. The number of hydrogen-bond acceptors (Lipinski definition) is 3. The molecule has 1 aliphatic heterocycles. The predicted octanol–water partition coefficient (Wildman–Crippen LogP) is 2.88. The minimum absolute atomic E-state index is 0.113. The molecule has 0 bridgehead atoms. The lowest BCUT2D eigenvalue weighted by Gasteiger charge is -2.30. The number of anilines is 1. The lowest BCUT2D eigenvalue weighted by atomic mass is 9.81. The Morgan fingerprint density at radius 3 is 3.00 bits per heavy atom. The number of pyridine rings is 1. The van der Waals surface area contributed by atoms with Gasteiger partial charge in [0.1, 0.15) is 5.82 Å². The number of aromatic nitrogens is 3. The van der Waals surface area contributed by atoms with E-state index in [9.17, 15) is 4.79 Å². The molecule has 0 fully saturated rings. The minimum Gasteiger partial charge on any atom is -0.311 e. The van der Waals surface area contributed by atoms with E-state index in [0.29, 0.717) is 11.2 Å². The van der Waals surface area contributed by atoms with E-state index in [2.05, 4.69) is 33.9 Å². The van der Waals surface area contributed by atoms with Gasteiger partial charge in [0.15, 0.2) is 0 Å². The van der Waals surface area contributed by atoms with Crippen molar-refractivity contribution in [2.24, 2.45) is 5.41 Å². The Morgan fingerprint density at radius 2 is 2.24 bits per heavy atom. The van der Waals surface area contributed by atoms with E-state index in [-0.39, 0.29) is 5.91 Å². The van der Waals surface area contributed by atoms with Gasteiger partial charge >= 0.3 is 0 Å². The topological polar surface area (TPSA) is 59.8 Å². The van der Waals surface area contributed by atoms with Gasteiger partial charge in [0, 0.05) is 30.9 Å². The van der Waals surface area contributed by atoms with Crippen LogP contribution in [0.25, 0.3) is 11.1 Å². The SMILES string of the molecule is CC(=O)Nc1cc(-c2cnn3c2CC(C)(C)CC3)ccn1. The fourth-order valence-electron chi connectivity index (χ4n) is 2.83. The molecule has 5 nitrogen and oxygen atoms in total. The minimum atomic E-state index is -0.113. The summed E-state index contributed by atoms with van der Waals surface area (Å²) in [5.41, 5.74) is 3.76. The Balaban J connectivity index is 1.98. The summed E-state index contributed by atoms with van der Waals surface area (Å²) in [6.45, 7) is 7.04. The summed E-state index contributed by atoms with van der Waals surface area (Å²) in [6, 6.07) is 3.87. The normalized spacial score (nSPS) is 16.3. The zero-order valence-electron chi connectivity index (χ0n) is 12.7. The first-order chi connectivity index (χ1) is 9.94. The molecule has 1 aliphatic rings. The standard InChI is InChI=1S/C16H20N4O/c1-11(21)19-15-8-12(4-6-17-15)13-10-18-20-7-5-16(2,3)9-14(13)20/h4,6,8,10H,5,7,9H2,1-3H3,(H,17,19,21). The van der Waals surface area contributed by atoms with Crippen LogP contribution in [0.15, 0.2) is 24.5 Å². The highest BCUT2D eigenvalue weighted by Gasteiger charge is 2.28. The number of nitrogens with one attached hydrogen (secondary N) is 1. The first-order valence-electron chi connectivity index (χ1n) is 7.23. The summed E-state index contributed by atoms with van der Waals surface area (Å²) >= 11 is 0. The molecule has 2 aromatic rings. The van der Waals surface area contributed by atoms with Crippen molar-refractivity contribution < 1.29 is 4.79 Å². The number of aryl methyl sites for hydroxylation is 1. The molecule has 3 rings (SSSR count). The maximum absolute atomic E-state index is 11.2. The van der Waals surface area contributed by atoms with Crippen LogP contribution in [0, 0.1) is 5.41 Å². The van der Waals surface area contributed by atoms with Crippen LogP contribution in [0.2, 0.25) is 0 Å². The number of amides is 1. The number of rotatable bonds is 2. The molecular formula is C16H20N4O. The molecule has 1 N–H and O–H groups in total. The summed E-state index contributed by atoms with van der Waals surface area (Å²) in [5, 5.41) is 7.22. The molecule has 0 unspecified atom stereocenters. The quantitative estimate of drug-likeness (QED) is 0.922. The smallest absolute Gasteiger partial charge is 0.222 e. The Morgan fingerprint density at radius 1 is 1.43 bits per heavy atom. The molecule has 0 saturated heterocycles. The van der Waals surface area contributed by atoms with Gasteiger partial charge in [0.05, 0.1) is 6.20 Å². The van der Waals surface area contributed by atoms with Crippen molar-refractivity contribution in [3.05, 3.63) is 30.2 Å². The molecule has 0 radical (unpaired) electrons. The van der Waals surface area contributed by atoms with Gasteiger partial charge in [-0.3, -0.25) is 9.48 Å².